The molecule has 0 aromatic heterocycles. The van der Waals surface area contributed by atoms with Crippen molar-refractivity contribution in [1.29, 1.82) is 0 Å². The van der Waals surface area contributed by atoms with Gasteiger partial charge in [-0.15, -0.1) is 0 Å². The monoisotopic (exact) mass is 277 g/mol. The van der Waals surface area contributed by atoms with Gasteiger partial charge in [-0.05, 0) is 50.4 Å². The third-order valence-corrected chi connectivity index (χ3v) is 4.07. The molecule has 1 fully saturated rings. The first kappa shape index (κ1) is 15.3. The van der Waals surface area contributed by atoms with Gasteiger partial charge in [0.25, 0.3) is 0 Å². The van der Waals surface area contributed by atoms with E-state index < -0.39 is 0 Å². The fourth-order valence-corrected chi connectivity index (χ4v) is 2.85. The second-order valence-corrected chi connectivity index (χ2v) is 5.71. The fraction of sp³-hybridized carbons (Fsp3) is 0.647. The maximum absolute atomic E-state index is 10.1. The van der Waals surface area contributed by atoms with Gasteiger partial charge in [0, 0.05) is 6.04 Å². The molecule has 0 amide bonds. The van der Waals surface area contributed by atoms with E-state index in [0.29, 0.717) is 6.04 Å². The van der Waals surface area contributed by atoms with E-state index in [1.54, 1.807) is 0 Å². The Labute approximate surface area is 122 Å². The molecule has 1 aromatic rings. The van der Waals surface area contributed by atoms with E-state index in [4.69, 9.17) is 4.74 Å². The lowest BCUT2D eigenvalue weighted by atomic mass is 10.1. The van der Waals surface area contributed by atoms with Gasteiger partial charge in [0.15, 0.2) is 0 Å². The molecule has 112 valence electrons. The van der Waals surface area contributed by atoms with Crippen LogP contribution in [0.2, 0.25) is 0 Å². The Morgan fingerprint density at radius 1 is 1.30 bits per heavy atom. The van der Waals surface area contributed by atoms with Gasteiger partial charge in [0.1, 0.15) is 11.9 Å². The molecule has 0 radical (unpaired) electrons. The van der Waals surface area contributed by atoms with Crippen LogP contribution in [-0.4, -0.2) is 23.9 Å². The van der Waals surface area contributed by atoms with Crippen LogP contribution in [0.5, 0.6) is 5.75 Å². The van der Waals surface area contributed by atoms with Gasteiger partial charge in [0.05, 0.1) is 6.10 Å². The molecule has 0 aliphatic heterocycles. The molecule has 20 heavy (non-hydrogen) atoms. The molecule has 1 aromatic carbocycles. The highest BCUT2D eigenvalue weighted by atomic mass is 16.5. The Balaban J connectivity index is 2.03. The minimum atomic E-state index is -0.327. The van der Waals surface area contributed by atoms with E-state index in [0.717, 1.165) is 38.0 Å². The summed E-state index contributed by atoms with van der Waals surface area (Å²) in [7, 11) is 0. The topological polar surface area (TPSA) is 41.5 Å². The Hall–Kier alpha value is -1.06. The Morgan fingerprint density at radius 2 is 2.10 bits per heavy atom. The number of aliphatic hydroxyl groups excluding tert-OH is 1. The molecule has 1 saturated carbocycles. The van der Waals surface area contributed by atoms with Crippen molar-refractivity contribution >= 4 is 0 Å². The van der Waals surface area contributed by atoms with Crippen molar-refractivity contribution in [3.63, 3.8) is 0 Å². The molecule has 3 heteroatoms. The van der Waals surface area contributed by atoms with Crippen molar-refractivity contribution in [1.82, 2.24) is 5.32 Å². The van der Waals surface area contributed by atoms with Gasteiger partial charge >= 0.3 is 0 Å². The zero-order chi connectivity index (χ0) is 14.4. The van der Waals surface area contributed by atoms with Crippen molar-refractivity contribution in [2.75, 3.05) is 6.54 Å². The number of benzene rings is 1. The van der Waals surface area contributed by atoms with Crippen LogP contribution in [0.25, 0.3) is 0 Å². The smallest absolute Gasteiger partial charge is 0.124 e. The van der Waals surface area contributed by atoms with Crippen LogP contribution in [0, 0.1) is 0 Å². The van der Waals surface area contributed by atoms with Crippen LogP contribution in [-0.2, 0) is 0 Å². The van der Waals surface area contributed by atoms with Crippen molar-refractivity contribution in [2.45, 2.75) is 64.2 Å². The average Bonchev–Trinajstić information content (AvgIpc) is 2.65. The van der Waals surface area contributed by atoms with Crippen LogP contribution < -0.4 is 10.1 Å². The molecular weight excluding hydrogens is 250 g/mol. The first-order chi connectivity index (χ1) is 9.70. The SMILES string of the molecule is CCNC(C)c1cccc(OC2CCCCCC2O)c1. The second kappa shape index (κ2) is 7.65. The largest absolute Gasteiger partial charge is 0.488 e. The number of ether oxygens (including phenoxy) is 1. The molecule has 3 atom stereocenters. The lowest BCUT2D eigenvalue weighted by molar-refractivity contribution is 0.0319. The van der Waals surface area contributed by atoms with Crippen molar-refractivity contribution < 1.29 is 9.84 Å². The predicted molar refractivity (Wildman–Crippen MR) is 82.0 cm³/mol. The summed E-state index contributed by atoms with van der Waals surface area (Å²) < 4.78 is 6.04. The zero-order valence-corrected chi connectivity index (χ0v) is 12.6. The van der Waals surface area contributed by atoms with E-state index >= 15 is 0 Å². The van der Waals surface area contributed by atoms with E-state index in [-0.39, 0.29) is 12.2 Å². The van der Waals surface area contributed by atoms with E-state index in [2.05, 4.69) is 31.3 Å². The minimum Gasteiger partial charge on any atom is -0.488 e. The van der Waals surface area contributed by atoms with Gasteiger partial charge in [-0.1, -0.05) is 31.9 Å². The zero-order valence-electron chi connectivity index (χ0n) is 12.6. The van der Waals surface area contributed by atoms with Gasteiger partial charge < -0.3 is 15.2 Å². The van der Waals surface area contributed by atoms with Gasteiger partial charge in [-0.2, -0.15) is 0 Å². The van der Waals surface area contributed by atoms with Gasteiger partial charge in [-0.3, -0.25) is 0 Å². The summed E-state index contributed by atoms with van der Waals surface area (Å²) in [5, 5.41) is 13.5. The third-order valence-electron chi connectivity index (χ3n) is 4.07. The highest BCUT2D eigenvalue weighted by Gasteiger charge is 2.23. The lowest BCUT2D eigenvalue weighted by Crippen LogP contribution is -2.30. The molecule has 0 spiro atoms. The molecule has 0 heterocycles. The van der Waals surface area contributed by atoms with Crippen LogP contribution >= 0.6 is 0 Å². The summed E-state index contributed by atoms with van der Waals surface area (Å²) in [4.78, 5) is 0. The average molecular weight is 277 g/mol. The van der Waals surface area contributed by atoms with E-state index in [1.807, 2.05) is 12.1 Å². The molecular formula is C17H27NO2. The summed E-state index contributed by atoms with van der Waals surface area (Å²) in [6.45, 7) is 5.22. The summed E-state index contributed by atoms with van der Waals surface area (Å²) in [6.07, 6.45) is 4.89. The maximum atomic E-state index is 10.1. The van der Waals surface area contributed by atoms with Crippen LogP contribution in [0.3, 0.4) is 0 Å². The maximum Gasteiger partial charge on any atom is 0.124 e. The van der Waals surface area contributed by atoms with Crippen LogP contribution in [0.1, 0.15) is 57.6 Å². The molecule has 0 bridgehead atoms. The first-order valence-corrected chi connectivity index (χ1v) is 7.88. The Bertz CT molecular complexity index is 408. The molecule has 1 aliphatic rings. The number of hydrogen-bond donors (Lipinski definition) is 2. The summed E-state index contributed by atoms with van der Waals surface area (Å²) in [5.74, 6) is 0.873. The quantitative estimate of drug-likeness (QED) is 0.810. The van der Waals surface area contributed by atoms with Crippen molar-refractivity contribution in [2.24, 2.45) is 0 Å². The summed E-state index contributed by atoms with van der Waals surface area (Å²) in [6, 6.07) is 8.54. The Morgan fingerprint density at radius 3 is 2.90 bits per heavy atom. The molecule has 1 aliphatic carbocycles. The first-order valence-electron chi connectivity index (χ1n) is 7.88. The van der Waals surface area contributed by atoms with Crippen molar-refractivity contribution in [3.05, 3.63) is 29.8 Å². The molecule has 3 nitrogen and oxygen atoms in total. The molecule has 0 saturated heterocycles. The minimum absolute atomic E-state index is 0.0535. The fourth-order valence-electron chi connectivity index (χ4n) is 2.85. The normalized spacial score (nSPS) is 24.9. The van der Waals surface area contributed by atoms with Crippen molar-refractivity contribution in [3.8, 4) is 5.75 Å². The molecule has 3 unspecified atom stereocenters. The highest BCUT2D eigenvalue weighted by molar-refractivity contribution is 5.30. The summed E-state index contributed by atoms with van der Waals surface area (Å²) >= 11 is 0. The van der Waals surface area contributed by atoms with E-state index in [1.165, 1.54) is 12.0 Å². The van der Waals surface area contributed by atoms with Crippen LogP contribution in [0.15, 0.2) is 24.3 Å². The molecule has 2 rings (SSSR count). The predicted octanol–water partition coefficient (Wildman–Crippen LogP) is 3.43. The summed E-state index contributed by atoms with van der Waals surface area (Å²) in [5.41, 5.74) is 1.23. The highest BCUT2D eigenvalue weighted by Crippen LogP contribution is 2.25. The third kappa shape index (κ3) is 4.22. The standard InChI is InChI=1S/C17H27NO2/c1-3-18-13(2)14-8-7-9-15(12-14)20-17-11-6-4-5-10-16(17)19/h7-9,12-13,16-19H,3-6,10-11H2,1-2H3. The van der Waals surface area contributed by atoms with Gasteiger partial charge in [-0.25, -0.2) is 0 Å². The van der Waals surface area contributed by atoms with E-state index in [9.17, 15) is 5.11 Å². The van der Waals surface area contributed by atoms with Gasteiger partial charge in [0.2, 0.25) is 0 Å². The van der Waals surface area contributed by atoms with Crippen LogP contribution in [0.4, 0.5) is 0 Å². The second-order valence-electron chi connectivity index (χ2n) is 5.71. The number of rotatable bonds is 5. The Kier molecular flexibility index (Phi) is 5.86. The molecule has 2 N–H and O–H groups in total. The number of aliphatic hydroxyl groups is 1. The lowest BCUT2D eigenvalue weighted by Gasteiger charge is -2.23. The number of hydrogen-bond acceptors (Lipinski definition) is 3. The number of nitrogens with one attached hydrogen (secondary N) is 1.